The first-order chi connectivity index (χ1) is 17.4. The minimum atomic E-state index is -1.19. The summed E-state index contributed by atoms with van der Waals surface area (Å²) in [6, 6.07) is 25.4. The highest BCUT2D eigenvalue weighted by Crippen LogP contribution is 2.46. The van der Waals surface area contributed by atoms with Crippen molar-refractivity contribution in [2.75, 3.05) is 11.9 Å². The Balaban J connectivity index is 1.42. The van der Waals surface area contributed by atoms with E-state index >= 15 is 0 Å². The fraction of sp³-hybridized carbons (Fsp3) is 0.111. The molecule has 4 rings (SSSR count). The lowest BCUT2D eigenvalue weighted by Crippen LogP contribution is -2.11. The molecule has 0 fully saturated rings. The van der Waals surface area contributed by atoms with Crippen molar-refractivity contribution in [3.63, 3.8) is 0 Å². The number of nitrogens with one attached hydrogen (secondary N) is 1. The Morgan fingerprint density at radius 3 is 2.33 bits per heavy atom. The molecule has 36 heavy (non-hydrogen) atoms. The Hall–Kier alpha value is -3.82. The predicted molar refractivity (Wildman–Crippen MR) is 142 cm³/mol. The van der Waals surface area contributed by atoms with E-state index in [1.54, 1.807) is 0 Å². The summed E-state index contributed by atoms with van der Waals surface area (Å²) >= 11 is 4.41. The Kier molecular flexibility index (Phi) is 8.24. The van der Waals surface area contributed by atoms with Crippen LogP contribution in [0.1, 0.15) is 20.8 Å². The summed E-state index contributed by atoms with van der Waals surface area (Å²) in [5.41, 5.74) is 3.80. The van der Waals surface area contributed by atoms with Crippen LogP contribution in [0.3, 0.4) is 0 Å². The van der Waals surface area contributed by atoms with Crippen LogP contribution in [0.4, 0.5) is 5.69 Å². The molecule has 0 spiro atoms. The average molecular weight is 568 g/mol. The van der Waals surface area contributed by atoms with E-state index in [0.717, 1.165) is 39.5 Å². The van der Waals surface area contributed by atoms with Crippen molar-refractivity contribution < 1.29 is 29.3 Å². The van der Waals surface area contributed by atoms with Gasteiger partial charge in [-0.05, 0) is 56.9 Å². The fourth-order valence-corrected chi connectivity index (χ4v) is 5.29. The molecule has 0 unspecified atom stereocenters. The Morgan fingerprint density at radius 1 is 0.889 bits per heavy atom. The van der Waals surface area contributed by atoms with Gasteiger partial charge in [0.05, 0.1) is 9.35 Å². The standard InChI is InChI=1S/C27H22BrNO6S/c28-23-24(35-16-22(30)31)26(27(32)33)36-25(23)19-7-4-8-20(13-19)29-14-17-9-11-21(12-10-17)34-15-18-5-2-1-3-6-18/h1-13,29H,14-16H2,(H,30,31)(H,32,33). The molecule has 7 nitrogen and oxygen atoms in total. The van der Waals surface area contributed by atoms with E-state index in [-0.39, 0.29) is 10.6 Å². The molecular formula is C27H22BrNO6S. The van der Waals surface area contributed by atoms with Gasteiger partial charge in [-0.3, -0.25) is 0 Å². The molecule has 1 aromatic heterocycles. The maximum absolute atomic E-state index is 11.7. The van der Waals surface area contributed by atoms with E-state index in [1.807, 2.05) is 78.9 Å². The van der Waals surface area contributed by atoms with Crippen molar-refractivity contribution in [3.05, 3.63) is 99.3 Å². The van der Waals surface area contributed by atoms with Crippen molar-refractivity contribution in [1.29, 1.82) is 0 Å². The van der Waals surface area contributed by atoms with Crippen LogP contribution in [0.2, 0.25) is 0 Å². The number of aliphatic carboxylic acids is 1. The number of aromatic carboxylic acids is 1. The Labute approximate surface area is 220 Å². The van der Waals surface area contributed by atoms with Crippen molar-refractivity contribution in [2.45, 2.75) is 13.2 Å². The molecule has 1 heterocycles. The third-order valence-corrected chi connectivity index (χ3v) is 7.36. The van der Waals surface area contributed by atoms with Crippen molar-refractivity contribution in [3.8, 4) is 21.9 Å². The van der Waals surface area contributed by atoms with E-state index in [0.29, 0.717) is 22.5 Å². The SMILES string of the molecule is O=C(O)COc1c(C(=O)O)sc(-c2cccc(NCc3ccc(OCc4ccccc4)cc3)c2)c1Br. The molecule has 0 bridgehead atoms. The normalized spacial score (nSPS) is 10.6. The van der Waals surface area contributed by atoms with Crippen LogP contribution in [0, 0.1) is 0 Å². The zero-order chi connectivity index (χ0) is 25.5. The molecule has 0 amide bonds. The number of anilines is 1. The highest BCUT2D eigenvalue weighted by atomic mass is 79.9. The van der Waals surface area contributed by atoms with Gasteiger partial charge in [0.1, 0.15) is 12.4 Å². The second-order valence-corrected chi connectivity index (χ2v) is 9.56. The van der Waals surface area contributed by atoms with Crippen LogP contribution in [0.15, 0.2) is 83.3 Å². The molecule has 3 N–H and O–H groups in total. The number of carboxylic acids is 2. The lowest BCUT2D eigenvalue weighted by Gasteiger charge is -2.10. The van der Waals surface area contributed by atoms with Crippen LogP contribution in [0.25, 0.3) is 10.4 Å². The number of carboxylic acid groups (broad SMARTS) is 2. The summed E-state index contributed by atoms with van der Waals surface area (Å²) in [5, 5.41) is 21.8. The van der Waals surface area contributed by atoms with E-state index in [9.17, 15) is 14.7 Å². The number of carbonyl (C=O) groups is 2. The van der Waals surface area contributed by atoms with Crippen molar-refractivity contribution >= 4 is 44.9 Å². The minimum Gasteiger partial charge on any atom is -0.489 e. The van der Waals surface area contributed by atoms with Gasteiger partial charge in [-0.25, -0.2) is 9.59 Å². The molecule has 9 heteroatoms. The third-order valence-electron chi connectivity index (χ3n) is 5.14. The molecule has 0 radical (unpaired) electrons. The predicted octanol–water partition coefficient (Wildman–Crippen LogP) is 6.53. The quantitative estimate of drug-likeness (QED) is 0.189. The zero-order valence-electron chi connectivity index (χ0n) is 18.9. The van der Waals surface area contributed by atoms with Gasteiger partial charge in [0.15, 0.2) is 17.2 Å². The largest absolute Gasteiger partial charge is 0.489 e. The second kappa shape index (κ2) is 11.7. The van der Waals surface area contributed by atoms with Gasteiger partial charge in [-0.1, -0.05) is 54.6 Å². The minimum absolute atomic E-state index is 0.0119. The monoisotopic (exact) mass is 567 g/mol. The van der Waals surface area contributed by atoms with E-state index < -0.39 is 18.5 Å². The molecule has 0 atom stereocenters. The molecule has 0 saturated heterocycles. The van der Waals surface area contributed by atoms with Gasteiger partial charge in [-0.2, -0.15) is 0 Å². The van der Waals surface area contributed by atoms with Gasteiger partial charge in [0.2, 0.25) is 0 Å². The number of ether oxygens (including phenoxy) is 2. The maximum Gasteiger partial charge on any atom is 0.349 e. The van der Waals surface area contributed by atoms with Gasteiger partial charge in [-0.15, -0.1) is 11.3 Å². The van der Waals surface area contributed by atoms with Crippen molar-refractivity contribution in [2.24, 2.45) is 0 Å². The van der Waals surface area contributed by atoms with Gasteiger partial charge >= 0.3 is 11.9 Å². The molecule has 3 aromatic carbocycles. The van der Waals surface area contributed by atoms with Crippen LogP contribution in [-0.2, 0) is 17.9 Å². The van der Waals surface area contributed by atoms with Crippen LogP contribution < -0.4 is 14.8 Å². The molecule has 0 aliphatic heterocycles. The zero-order valence-corrected chi connectivity index (χ0v) is 21.3. The average Bonchev–Trinajstić information content (AvgIpc) is 3.22. The highest BCUT2D eigenvalue weighted by Gasteiger charge is 2.24. The third kappa shape index (κ3) is 6.44. The summed E-state index contributed by atoms with van der Waals surface area (Å²) in [4.78, 5) is 23.1. The molecule has 0 aliphatic rings. The Morgan fingerprint density at radius 2 is 1.64 bits per heavy atom. The summed E-state index contributed by atoms with van der Waals surface area (Å²) in [5.74, 6) is -1.56. The van der Waals surface area contributed by atoms with Gasteiger partial charge in [0, 0.05) is 12.2 Å². The first-order valence-corrected chi connectivity index (χ1v) is 12.5. The first-order valence-electron chi connectivity index (χ1n) is 10.9. The lowest BCUT2D eigenvalue weighted by atomic mass is 10.1. The van der Waals surface area contributed by atoms with Gasteiger partial charge in [0.25, 0.3) is 0 Å². The van der Waals surface area contributed by atoms with Crippen LogP contribution in [0.5, 0.6) is 11.5 Å². The molecule has 4 aromatic rings. The van der Waals surface area contributed by atoms with Gasteiger partial charge < -0.3 is 25.0 Å². The van der Waals surface area contributed by atoms with E-state index in [1.165, 1.54) is 0 Å². The molecular weight excluding hydrogens is 546 g/mol. The second-order valence-electron chi connectivity index (χ2n) is 7.74. The molecule has 0 saturated carbocycles. The van der Waals surface area contributed by atoms with Crippen LogP contribution >= 0.6 is 27.3 Å². The van der Waals surface area contributed by atoms with Crippen LogP contribution in [-0.4, -0.2) is 28.8 Å². The summed E-state index contributed by atoms with van der Waals surface area (Å²) in [7, 11) is 0. The first kappa shape index (κ1) is 25.3. The summed E-state index contributed by atoms with van der Waals surface area (Å²) in [6.45, 7) is 0.463. The van der Waals surface area contributed by atoms with E-state index in [2.05, 4.69) is 21.2 Å². The fourth-order valence-electron chi connectivity index (χ4n) is 3.40. The number of hydrogen-bond acceptors (Lipinski definition) is 6. The lowest BCUT2D eigenvalue weighted by molar-refractivity contribution is -0.139. The highest BCUT2D eigenvalue weighted by molar-refractivity contribution is 9.10. The summed E-state index contributed by atoms with van der Waals surface area (Å²) < 4.78 is 11.5. The van der Waals surface area contributed by atoms with Crippen molar-refractivity contribution in [1.82, 2.24) is 0 Å². The van der Waals surface area contributed by atoms with E-state index in [4.69, 9.17) is 14.6 Å². The Bertz CT molecular complexity index is 1350. The number of thiophene rings is 1. The maximum atomic E-state index is 11.7. The number of rotatable bonds is 11. The number of halogens is 1. The summed E-state index contributed by atoms with van der Waals surface area (Å²) in [6.07, 6.45) is 0. The molecule has 184 valence electrons. The molecule has 0 aliphatic carbocycles. The number of benzene rings is 3. The number of hydrogen-bond donors (Lipinski definition) is 3. The smallest absolute Gasteiger partial charge is 0.349 e. The topological polar surface area (TPSA) is 105 Å².